The summed E-state index contributed by atoms with van der Waals surface area (Å²) in [7, 11) is 0. The molecule has 1 aliphatic rings. The molecule has 0 saturated heterocycles. The van der Waals surface area contributed by atoms with Crippen LogP contribution in [0.5, 0.6) is 0 Å². The van der Waals surface area contributed by atoms with E-state index in [9.17, 15) is 0 Å². The zero-order valence-corrected chi connectivity index (χ0v) is 14.9. The Morgan fingerprint density at radius 3 is 2.87 bits per heavy atom. The molecule has 4 nitrogen and oxygen atoms in total. The molecule has 0 fully saturated rings. The normalized spacial score (nSPS) is 19.4. The van der Waals surface area contributed by atoms with Crippen molar-refractivity contribution in [2.24, 2.45) is 5.92 Å². The van der Waals surface area contributed by atoms with Gasteiger partial charge in [-0.05, 0) is 26.2 Å². The number of rotatable bonds is 9. The fraction of sp³-hybridized carbons (Fsp3) is 0.526. The van der Waals surface area contributed by atoms with Crippen molar-refractivity contribution in [3.8, 4) is 0 Å². The van der Waals surface area contributed by atoms with Crippen LogP contribution >= 0.6 is 0 Å². The molecule has 1 aliphatic heterocycles. The molecule has 23 heavy (non-hydrogen) atoms. The first kappa shape index (κ1) is 19.2. The maximum atomic E-state index is 7.99. The smallest absolute Gasteiger partial charge is 0.212 e. The molecular weight excluding hydrogens is 286 g/mol. The fourth-order valence-corrected chi connectivity index (χ4v) is 2.51. The van der Waals surface area contributed by atoms with Crippen LogP contribution in [0.1, 0.15) is 40.5 Å². The van der Waals surface area contributed by atoms with Gasteiger partial charge in [-0.25, -0.2) is 5.43 Å². The minimum absolute atomic E-state index is 0.0488. The number of unbranched alkanes of at least 4 members (excludes halogenated alkanes) is 1. The maximum Gasteiger partial charge on any atom is 0.212 e. The summed E-state index contributed by atoms with van der Waals surface area (Å²) < 4.78 is 5.31. The van der Waals surface area contributed by atoms with Crippen LogP contribution in [0, 0.1) is 11.3 Å². The van der Waals surface area contributed by atoms with Crippen molar-refractivity contribution in [3.05, 3.63) is 48.2 Å². The molecule has 1 heterocycles. The molecule has 0 saturated carbocycles. The van der Waals surface area contributed by atoms with Crippen molar-refractivity contribution < 1.29 is 4.74 Å². The summed E-state index contributed by atoms with van der Waals surface area (Å²) in [6, 6.07) is 0.0488. The lowest BCUT2D eigenvalue weighted by Crippen LogP contribution is -2.37. The van der Waals surface area contributed by atoms with Gasteiger partial charge in [0.05, 0.1) is 12.6 Å². The molecule has 128 valence electrons. The Bertz CT molecular complexity index is 491. The van der Waals surface area contributed by atoms with Crippen molar-refractivity contribution in [2.75, 3.05) is 13.2 Å². The summed E-state index contributed by atoms with van der Waals surface area (Å²) in [6.07, 6.45) is 12.8. The molecule has 2 unspecified atom stereocenters. The predicted molar refractivity (Wildman–Crippen MR) is 98.2 cm³/mol. The van der Waals surface area contributed by atoms with Gasteiger partial charge in [0.2, 0.25) is 5.90 Å². The molecule has 0 aliphatic carbocycles. The van der Waals surface area contributed by atoms with E-state index in [1.807, 2.05) is 13.8 Å². The summed E-state index contributed by atoms with van der Waals surface area (Å²) >= 11 is 0. The number of nitrogens with one attached hydrogen (secondary N) is 2. The molecular formula is C19H31N3O. The van der Waals surface area contributed by atoms with E-state index in [0.717, 1.165) is 25.0 Å². The fourth-order valence-electron chi connectivity index (χ4n) is 2.51. The number of hydrogen-bond acceptors (Lipinski definition) is 4. The lowest BCUT2D eigenvalue weighted by Gasteiger charge is -2.21. The molecule has 0 aromatic rings. The van der Waals surface area contributed by atoms with Gasteiger partial charge >= 0.3 is 0 Å². The zero-order chi connectivity index (χ0) is 17.2. The van der Waals surface area contributed by atoms with Gasteiger partial charge in [-0.3, -0.25) is 5.41 Å². The quantitative estimate of drug-likeness (QED) is 0.381. The highest BCUT2D eigenvalue weighted by Gasteiger charge is 2.26. The highest BCUT2D eigenvalue weighted by atomic mass is 16.5. The standard InChI is InChI=1S/C19H31N3O/c1-6-9-10-12-18-17(16(5)19(20)23-8-3)14-22(21-18)13-15(4)11-7-2/h7,10-12,14-15,18,20-21H,5-6,8-9,13H2,1-4H3/b11-7-,12-10-,20-19?. The number of nitrogens with zero attached hydrogens (tertiary/aromatic N) is 1. The summed E-state index contributed by atoms with van der Waals surface area (Å²) in [5, 5.41) is 10.1. The largest absolute Gasteiger partial charge is 0.478 e. The Balaban J connectivity index is 2.87. The van der Waals surface area contributed by atoms with Gasteiger partial charge in [-0.15, -0.1) is 0 Å². The number of hydrazine groups is 1. The van der Waals surface area contributed by atoms with Gasteiger partial charge in [-0.1, -0.05) is 51.2 Å². The Hall–Kier alpha value is -1.81. The van der Waals surface area contributed by atoms with E-state index in [1.54, 1.807) is 0 Å². The molecule has 0 aromatic carbocycles. The van der Waals surface area contributed by atoms with E-state index in [0.29, 0.717) is 18.1 Å². The maximum absolute atomic E-state index is 7.99. The average Bonchev–Trinajstić information content (AvgIpc) is 2.90. The molecule has 0 radical (unpaired) electrons. The second-order valence-corrected chi connectivity index (χ2v) is 5.80. The Kier molecular flexibility index (Phi) is 8.41. The number of allylic oxidation sites excluding steroid dienone is 2. The molecule has 1 rings (SSSR count). The first-order chi connectivity index (χ1) is 11.0. The number of hydrogen-bond donors (Lipinski definition) is 2. The highest BCUT2D eigenvalue weighted by molar-refractivity contribution is 5.95. The molecule has 2 N–H and O–H groups in total. The van der Waals surface area contributed by atoms with Gasteiger partial charge in [0.15, 0.2) is 0 Å². The molecule has 4 heteroatoms. The Morgan fingerprint density at radius 2 is 2.26 bits per heavy atom. The third kappa shape index (κ3) is 6.06. The SMILES string of the molecule is C=C(C(=N)OCC)C1=CN(CC(C)/C=C\C)NC1/C=C\CCC. The third-order valence-corrected chi connectivity index (χ3v) is 3.64. The Morgan fingerprint density at radius 1 is 1.52 bits per heavy atom. The van der Waals surface area contributed by atoms with Crippen LogP contribution in [0.3, 0.4) is 0 Å². The number of ether oxygens (including phenoxy) is 1. The van der Waals surface area contributed by atoms with Crippen molar-refractivity contribution in [1.29, 1.82) is 5.41 Å². The van der Waals surface area contributed by atoms with Gasteiger partial charge in [0.25, 0.3) is 0 Å². The predicted octanol–water partition coefficient (Wildman–Crippen LogP) is 4.20. The van der Waals surface area contributed by atoms with E-state index in [-0.39, 0.29) is 11.9 Å². The summed E-state index contributed by atoms with van der Waals surface area (Å²) in [5.74, 6) is 0.598. The lowest BCUT2D eigenvalue weighted by atomic mass is 10.0. The lowest BCUT2D eigenvalue weighted by molar-refractivity contribution is 0.267. The molecule has 0 amide bonds. The van der Waals surface area contributed by atoms with Gasteiger partial charge in [-0.2, -0.15) is 0 Å². The van der Waals surface area contributed by atoms with Crippen LogP contribution in [0.2, 0.25) is 0 Å². The highest BCUT2D eigenvalue weighted by Crippen LogP contribution is 2.23. The average molecular weight is 317 g/mol. The van der Waals surface area contributed by atoms with Gasteiger partial charge < -0.3 is 9.75 Å². The second-order valence-electron chi connectivity index (χ2n) is 5.80. The molecule has 0 spiro atoms. The van der Waals surface area contributed by atoms with E-state index < -0.39 is 0 Å². The van der Waals surface area contributed by atoms with Crippen LogP contribution in [0.15, 0.2) is 48.2 Å². The molecule has 0 aromatic heterocycles. The topological polar surface area (TPSA) is 48.4 Å². The molecule has 0 bridgehead atoms. The van der Waals surface area contributed by atoms with Gasteiger partial charge in [0, 0.05) is 23.9 Å². The summed E-state index contributed by atoms with van der Waals surface area (Å²) in [5.41, 5.74) is 5.12. The molecule has 2 atom stereocenters. The van der Waals surface area contributed by atoms with Crippen LogP contribution in [-0.2, 0) is 4.74 Å². The van der Waals surface area contributed by atoms with E-state index in [2.05, 4.69) is 61.4 Å². The minimum Gasteiger partial charge on any atom is -0.478 e. The van der Waals surface area contributed by atoms with Gasteiger partial charge in [0.1, 0.15) is 0 Å². The monoisotopic (exact) mass is 317 g/mol. The van der Waals surface area contributed by atoms with E-state index in [1.165, 1.54) is 0 Å². The van der Waals surface area contributed by atoms with Crippen LogP contribution in [0.4, 0.5) is 0 Å². The van der Waals surface area contributed by atoms with Crippen molar-refractivity contribution in [1.82, 2.24) is 10.4 Å². The first-order valence-corrected chi connectivity index (χ1v) is 8.48. The van der Waals surface area contributed by atoms with Crippen LogP contribution < -0.4 is 5.43 Å². The third-order valence-electron chi connectivity index (χ3n) is 3.64. The van der Waals surface area contributed by atoms with Crippen LogP contribution in [-0.4, -0.2) is 30.1 Å². The first-order valence-electron chi connectivity index (χ1n) is 8.48. The van der Waals surface area contributed by atoms with Crippen molar-refractivity contribution in [2.45, 2.75) is 46.6 Å². The summed E-state index contributed by atoms with van der Waals surface area (Å²) in [6.45, 7) is 13.7. The minimum atomic E-state index is 0.0488. The zero-order valence-electron chi connectivity index (χ0n) is 14.9. The van der Waals surface area contributed by atoms with Crippen molar-refractivity contribution in [3.63, 3.8) is 0 Å². The summed E-state index contributed by atoms with van der Waals surface area (Å²) in [4.78, 5) is 0. The van der Waals surface area contributed by atoms with E-state index >= 15 is 0 Å². The second kappa shape index (κ2) is 10.1. The Labute approximate surface area is 141 Å². The van der Waals surface area contributed by atoms with Crippen molar-refractivity contribution >= 4 is 5.90 Å². The van der Waals surface area contributed by atoms with E-state index in [4.69, 9.17) is 10.1 Å². The van der Waals surface area contributed by atoms with Crippen LogP contribution in [0.25, 0.3) is 0 Å².